The van der Waals surface area contributed by atoms with Crippen molar-refractivity contribution in [1.29, 1.82) is 0 Å². The fourth-order valence-electron chi connectivity index (χ4n) is 4.12. The highest BCUT2D eigenvalue weighted by molar-refractivity contribution is 6.36. The summed E-state index contributed by atoms with van der Waals surface area (Å²) in [4.78, 5) is 17.9. The number of aliphatic hydroxyl groups excluding tert-OH is 1. The predicted molar refractivity (Wildman–Crippen MR) is 99.4 cm³/mol. The topological polar surface area (TPSA) is 64.3 Å². The lowest BCUT2D eigenvalue weighted by Gasteiger charge is -2.29. The summed E-state index contributed by atoms with van der Waals surface area (Å²) in [6, 6.07) is 9.71. The number of aliphatic hydroxyl groups is 1. The van der Waals surface area contributed by atoms with E-state index in [0.717, 1.165) is 33.4 Å². The van der Waals surface area contributed by atoms with Crippen LogP contribution >= 0.6 is 11.6 Å². The van der Waals surface area contributed by atoms with Crippen LogP contribution < -0.4 is 5.56 Å². The molecule has 0 radical (unpaired) electrons. The number of halogens is 1. The van der Waals surface area contributed by atoms with Crippen molar-refractivity contribution >= 4 is 22.5 Å². The third-order valence-electron chi connectivity index (χ3n) is 5.50. The molecule has 0 amide bonds. The first-order valence-electron chi connectivity index (χ1n) is 8.74. The third kappa shape index (κ3) is 2.05. The fourth-order valence-corrected chi connectivity index (χ4v) is 4.43. The predicted octanol–water partition coefficient (Wildman–Crippen LogP) is 3.42. The van der Waals surface area contributed by atoms with E-state index in [1.807, 2.05) is 37.3 Å². The Kier molecular flexibility index (Phi) is 3.47. The molecule has 2 aliphatic rings. The Labute approximate surface area is 154 Å². The first-order valence-corrected chi connectivity index (χ1v) is 9.11. The molecule has 5 nitrogen and oxygen atoms in total. The van der Waals surface area contributed by atoms with Crippen molar-refractivity contribution in [2.45, 2.75) is 38.7 Å². The highest BCUT2D eigenvalue weighted by Gasteiger charge is 2.34. The number of aromatic nitrogens is 2. The molecule has 0 bridgehead atoms. The molecule has 2 aliphatic heterocycles. The Bertz CT molecular complexity index is 1120. The lowest BCUT2D eigenvalue weighted by Crippen LogP contribution is -2.34. The largest absolute Gasteiger partial charge is 0.367 e. The first-order chi connectivity index (χ1) is 12.6. The molecule has 0 aliphatic carbocycles. The fraction of sp³-hybridized carbons (Fsp3) is 0.300. The second-order valence-corrected chi connectivity index (χ2v) is 7.22. The van der Waals surface area contributed by atoms with E-state index in [1.165, 1.54) is 0 Å². The Morgan fingerprint density at radius 2 is 2.15 bits per heavy atom. The third-order valence-corrected chi connectivity index (χ3v) is 5.93. The van der Waals surface area contributed by atoms with Crippen LogP contribution in [0.1, 0.15) is 36.0 Å². The number of pyridine rings is 2. The van der Waals surface area contributed by atoms with Crippen molar-refractivity contribution in [3.8, 4) is 11.4 Å². The molecule has 132 valence electrons. The monoisotopic (exact) mass is 368 g/mol. The van der Waals surface area contributed by atoms with Crippen LogP contribution in [0.25, 0.3) is 22.3 Å². The minimum atomic E-state index is -0.885. The molecular formula is C20H17ClN2O3. The molecule has 26 heavy (non-hydrogen) atoms. The van der Waals surface area contributed by atoms with Gasteiger partial charge in [0.15, 0.2) is 6.29 Å². The number of nitrogens with zero attached hydrogens (tertiary/aromatic N) is 2. The molecule has 0 saturated heterocycles. The van der Waals surface area contributed by atoms with E-state index in [0.29, 0.717) is 23.6 Å². The van der Waals surface area contributed by atoms with Crippen molar-refractivity contribution in [2.75, 3.05) is 0 Å². The number of hydrogen-bond acceptors (Lipinski definition) is 4. The van der Waals surface area contributed by atoms with Crippen LogP contribution in [0.5, 0.6) is 0 Å². The van der Waals surface area contributed by atoms with E-state index in [2.05, 4.69) is 0 Å². The molecule has 4 heterocycles. The lowest BCUT2D eigenvalue weighted by molar-refractivity contribution is -0.134. The summed E-state index contributed by atoms with van der Waals surface area (Å²) in [5.41, 5.74) is 4.61. The number of ether oxygens (including phenoxy) is 1. The van der Waals surface area contributed by atoms with E-state index in [9.17, 15) is 9.90 Å². The molecule has 1 N–H and O–H groups in total. The van der Waals surface area contributed by atoms with E-state index >= 15 is 0 Å². The normalized spacial score (nSPS) is 20.7. The number of para-hydroxylation sites is 1. The van der Waals surface area contributed by atoms with Crippen molar-refractivity contribution in [3.05, 3.63) is 62.4 Å². The highest BCUT2D eigenvalue weighted by atomic mass is 35.5. The van der Waals surface area contributed by atoms with E-state index in [-0.39, 0.29) is 18.1 Å². The van der Waals surface area contributed by atoms with Crippen molar-refractivity contribution in [1.82, 2.24) is 9.55 Å². The van der Waals surface area contributed by atoms with Gasteiger partial charge < -0.3 is 14.4 Å². The number of hydrogen-bond donors (Lipinski definition) is 1. The van der Waals surface area contributed by atoms with Gasteiger partial charge in [-0.15, -0.1) is 0 Å². The zero-order valence-corrected chi connectivity index (χ0v) is 15.0. The van der Waals surface area contributed by atoms with Gasteiger partial charge >= 0.3 is 0 Å². The maximum Gasteiger partial charge on any atom is 0.257 e. The van der Waals surface area contributed by atoms with Gasteiger partial charge in [0.25, 0.3) is 5.56 Å². The first kappa shape index (κ1) is 16.0. The van der Waals surface area contributed by atoms with Gasteiger partial charge in [-0.1, -0.05) is 36.7 Å². The quantitative estimate of drug-likeness (QED) is 0.559. The van der Waals surface area contributed by atoms with Crippen molar-refractivity contribution < 1.29 is 9.84 Å². The van der Waals surface area contributed by atoms with E-state index in [1.54, 1.807) is 4.57 Å². The molecule has 2 aromatic heterocycles. The summed E-state index contributed by atoms with van der Waals surface area (Å²) in [6.45, 7) is 2.52. The van der Waals surface area contributed by atoms with Crippen molar-refractivity contribution in [3.63, 3.8) is 0 Å². The second-order valence-electron chi connectivity index (χ2n) is 6.84. The summed E-state index contributed by atoms with van der Waals surface area (Å²) < 4.78 is 7.13. The smallest absolute Gasteiger partial charge is 0.257 e. The van der Waals surface area contributed by atoms with Crippen LogP contribution in [0.15, 0.2) is 35.1 Å². The second kappa shape index (κ2) is 5.64. The van der Waals surface area contributed by atoms with Crippen LogP contribution in [-0.2, 0) is 17.9 Å². The molecule has 0 spiro atoms. The minimum Gasteiger partial charge on any atom is -0.367 e. The Hall–Kier alpha value is -2.21. The molecule has 2 atom stereocenters. The molecule has 0 saturated carbocycles. The Morgan fingerprint density at radius 1 is 1.35 bits per heavy atom. The highest BCUT2D eigenvalue weighted by Crippen LogP contribution is 2.40. The molecular weight excluding hydrogens is 352 g/mol. The van der Waals surface area contributed by atoms with Gasteiger partial charge in [0.05, 0.1) is 35.1 Å². The molecule has 1 aromatic carbocycles. The van der Waals surface area contributed by atoms with Gasteiger partial charge in [0.2, 0.25) is 0 Å². The molecule has 3 aromatic rings. The molecule has 0 fully saturated rings. The molecule has 2 unspecified atom stereocenters. The van der Waals surface area contributed by atoms with Crippen molar-refractivity contribution in [2.24, 2.45) is 0 Å². The number of fused-ring (bicyclic) bond motifs is 5. The van der Waals surface area contributed by atoms with Crippen LogP contribution in [-0.4, -0.2) is 20.9 Å². The average Bonchev–Trinajstić information content (AvgIpc) is 3.01. The van der Waals surface area contributed by atoms with E-state index in [4.69, 9.17) is 21.3 Å². The van der Waals surface area contributed by atoms with Gasteiger partial charge in [0.1, 0.15) is 0 Å². The van der Waals surface area contributed by atoms with Gasteiger partial charge in [0, 0.05) is 22.4 Å². The molecule has 6 heteroatoms. The van der Waals surface area contributed by atoms with Crippen LogP contribution in [0.3, 0.4) is 0 Å². The SMILES string of the molecule is CCC1c2cc3n(c(=O)c2COC1O)Cc1c-3nc2ccccc2c1Cl. The van der Waals surface area contributed by atoms with Gasteiger partial charge in [-0.05, 0) is 24.1 Å². The summed E-state index contributed by atoms with van der Waals surface area (Å²) in [6.07, 6.45) is -0.195. The van der Waals surface area contributed by atoms with Gasteiger partial charge in [-0.2, -0.15) is 0 Å². The lowest BCUT2D eigenvalue weighted by atomic mass is 9.90. The maximum atomic E-state index is 13.1. The minimum absolute atomic E-state index is 0.0824. The van der Waals surface area contributed by atoms with Crippen LogP contribution in [0.4, 0.5) is 0 Å². The Morgan fingerprint density at radius 3 is 2.96 bits per heavy atom. The van der Waals surface area contributed by atoms with Crippen LogP contribution in [0, 0.1) is 0 Å². The standard InChI is InChI=1S/C20H17ClN2O3/c1-2-10-12-7-16-18-13(17(21)11-5-3-4-6-15(11)22-18)8-23(16)19(24)14(12)9-26-20(10)25/h3-7,10,20,25H,2,8-9H2,1H3. The van der Waals surface area contributed by atoms with Crippen LogP contribution in [0.2, 0.25) is 5.02 Å². The van der Waals surface area contributed by atoms with Gasteiger partial charge in [-0.25, -0.2) is 4.98 Å². The maximum absolute atomic E-state index is 13.1. The summed E-state index contributed by atoms with van der Waals surface area (Å²) in [5, 5.41) is 11.7. The zero-order chi connectivity index (χ0) is 18.0. The van der Waals surface area contributed by atoms with E-state index < -0.39 is 6.29 Å². The summed E-state index contributed by atoms with van der Waals surface area (Å²) in [5.74, 6) is -0.211. The summed E-state index contributed by atoms with van der Waals surface area (Å²) in [7, 11) is 0. The van der Waals surface area contributed by atoms with Gasteiger partial charge in [-0.3, -0.25) is 4.79 Å². The average molecular weight is 369 g/mol. The summed E-state index contributed by atoms with van der Waals surface area (Å²) >= 11 is 6.65. The number of rotatable bonds is 1. The molecule has 5 rings (SSSR count). The zero-order valence-electron chi connectivity index (χ0n) is 14.2. The Balaban J connectivity index is 1.81. The number of benzene rings is 1.